The summed E-state index contributed by atoms with van der Waals surface area (Å²) in [6.07, 6.45) is 3.53. The summed E-state index contributed by atoms with van der Waals surface area (Å²) < 4.78 is 0. The first-order chi connectivity index (χ1) is 11.0. The number of hydrogen-bond donors (Lipinski definition) is 2. The highest BCUT2D eigenvalue weighted by Crippen LogP contribution is 2.24. The number of likely N-dealkylation sites (N-methyl/N-ethyl adjacent to an activating group) is 1. The molecule has 0 saturated heterocycles. The van der Waals surface area contributed by atoms with Crippen LogP contribution >= 0.6 is 0 Å². The number of aromatic nitrogens is 2. The Labute approximate surface area is 139 Å². The molecule has 1 aromatic carbocycles. The molecule has 0 bridgehead atoms. The summed E-state index contributed by atoms with van der Waals surface area (Å²) in [6.45, 7) is 5.87. The number of hydrogen-bond acceptors (Lipinski definition) is 5. The van der Waals surface area contributed by atoms with Crippen LogP contribution in [0, 0.1) is 6.92 Å². The van der Waals surface area contributed by atoms with E-state index in [4.69, 9.17) is 5.73 Å². The fourth-order valence-corrected chi connectivity index (χ4v) is 2.21. The molecule has 0 fully saturated rings. The van der Waals surface area contributed by atoms with Gasteiger partial charge in [-0.2, -0.15) is 0 Å². The van der Waals surface area contributed by atoms with Gasteiger partial charge in [0.25, 0.3) is 0 Å². The lowest BCUT2D eigenvalue weighted by atomic mass is 10.0. The maximum atomic E-state index is 6.06. The monoisotopic (exact) mass is 313 g/mol. The molecule has 0 radical (unpaired) electrons. The maximum absolute atomic E-state index is 6.06. The van der Waals surface area contributed by atoms with Crippen molar-refractivity contribution in [3.05, 3.63) is 47.3 Å². The zero-order valence-electron chi connectivity index (χ0n) is 14.3. The molecule has 0 spiro atoms. The van der Waals surface area contributed by atoms with Gasteiger partial charge in [-0.15, -0.1) is 0 Å². The van der Waals surface area contributed by atoms with Gasteiger partial charge in [0, 0.05) is 14.5 Å². The third kappa shape index (κ3) is 4.79. The van der Waals surface area contributed by atoms with Gasteiger partial charge in [-0.25, -0.2) is 9.97 Å². The summed E-state index contributed by atoms with van der Waals surface area (Å²) in [5.74, 6) is 1.25. The Hall–Kier alpha value is -2.40. The smallest absolute Gasteiger partial charge is 0.138 e. The average molecular weight is 313 g/mol. The van der Waals surface area contributed by atoms with E-state index in [1.165, 1.54) is 11.9 Å². The largest absolute Gasteiger partial charge is 0.383 e. The predicted octanol–water partition coefficient (Wildman–Crippen LogP) is 3.15. The number of aryl methyl sites for hydroxylation is 1. The molecular formula is C18H27N5. The van der Waals surface area contributed by atoms with Gasteiger partial charge in [0.05, 0.1) is 5.56 Å². The molecule has 23 heavy (non-hydrogen) atoms. The normalized spacial score (nSPS) is 11.8. The number of nitrogens with two attached hydrogens (primary N) is 1. The van der Waals surface area contributed by atoms with Crippen LogP contribution in [0.25, 0.3) is 11.6 Å². The maximum Gasteiger partial charge on any atom is 0.138 e. The van der Waals surface area contributed by atoms with E-state index in [2.05, 4.69) is 58.3 Å². The van der Waals surface area contributed by atoms with Crippen molar-refractivity contribution in [2.24, 2.45) is 0 Å². The summed E-state index contributed by atoms with van der Waals surface area (Å²) in [5.41, 5.74) is 10.4. The van der Waals surface area contributed by atoms with Gasteiger partial charge in [0.2, 0.25) is 0 Å². The van der Waals surface area contributed by atoms with Crippen molar-refractivity contribution in [1.29, 1.82) is 0 Å². The van der Waals surface area contributed by atoms with Crippen LogP contribution in [0.1, 0.15) is 25.0 Å². The Kier molecular flexibility index (Phi) is 5.71. The minimum absolute atomic E-state index is 0. The molecule has 2 aromatic rings. The van der Waals surface area contributed by atoms with Crippen molar-refractivity contribution in [2.45, 2.75) is 13.8 Å². The van der Waals surface area contributed by atoms with Crippen LogP contribution in [0.3, 0.4) is 0 Å². The lowest BCUT2D eigenvalue weighted by molar-refractivity contribution is 0.425. The molecule has 3 N–H and O–H groups in total. The third-order valence-electron chi connectivity index (χ3n) is 3.63. The molecule has 0 saturated carbocycles. The van der Waals surface area contributed by atoms with E-state index in [-0.39, 0.29) is 1.43 Å². The molecule has 124 valence electrons. The molecular weight excluding hydrogens is 286 g/mol. The standard InChI is InChI=1S/C18H25N5.H2/c1-13-5-7-15(8-6-13)14(2)11-16-17(19)21-12-22-18(16)20-9-10-23(3)4;/h5-8,11-12H,9-10H2,1-4H3,(H3,19,20,21,22);1H/b14-11+;. The van der Waals surface area contributed by atoms with Gasteiger partial charge in [-0.1, -0.05) is 29.8 Å². The Morgan fingerprint density at radius 1 is 1.26 bits per heavy atom. The Morgan fingerprint density at radius 2 is 1.96 bits per heavy atom. The fraction of sp³-hybridized carbons (Fsp3) is 0.333. The van der Waals surface area contributed by atoms with Crippen LogP contribution < -0.4 is 11.1 Å². The van der Waals surface area contributed by atoms with Gasteiger partial charge >= 0.3 is 0 Å². The second kappa shape index (κ2) is 7.74. The Bertz CT molecular complexity index is 680. The minimum atomic E-state index is 0. The van der Waals surface area contributed by atoms with Gasteiger partial charge in [-0.3, -0.25) is 0 Å². The van der Waals surface area contributed by atoms with Gasteiger partial charge < -0.3 is 16.0 Å². The van der Waals surface area contributed by atoms with E-state index in [1.807, 2.05) is 20.2 Å². The number of rotatable bonds is 6. The molecule has 5 heteroatoms. The zero-order valence-corrected chi connectivity index (χ0v) is 14.3. The molecule has 5 nitrogen and oxygen atoms in total. The van der Waals surface area contributed by atoms with Crippen molar-refractivity contribution in [3.8, 4) is 0 Å². The van der Waals surface area contributed by atoms with Crippen LogP contribution in [0.5, 0.6) is 0 Å². The summed E-state index contributed by atoms with van der Waals surface area (Å²) in [5, 5.41) is 3.33. The van der Waals surface area contributed by atoms with Gasteiger partial charge in [0.15, 0.2) is 0 Å². The highest BCUT2D eigenvalue weighted by molar-refractivity contribution is 5.86. The molecule has 0 aliphatic heterocycles. The number of anilines is 2. The third-order valence-corrected chi connectivity index (χ3v) is 3.63. The van der Waals surface area contributed by atoms with E-state index < -0.39 is 0 Å². The van der Waals surface area contributed by atoms with Crippen molar-refractivity contribution in [2.75, 3.05) is 38.2 Å². The van der Waals surface area contributed by atoms with Crippen molar-refractivity contribution >= 4 is 23.3 Å². The van der Waals surface area contributed by atoms with Crippen LogP contribution in [-0.2, 0) is 0 Å². The van der Waals surface area contributed by atoms with Crippen LogP contribution in [-0.4, -0.2) is 42.1 Å². The minimum Gasteiger partial charge on any atom is -0.383 e. The van der Waals surface area contributed by atoms with E-state index in [1.54, 1.807) is 0 Å². The first kappa shape index (κ1) is 17.0. The lowest BCUT2D eigenvalue weighted by Crippen LogP contribution is -2.21. The highest BCUT2D eigenvalue weighted by atomic mass is 15.1. The number of nitrogens with one attached hydrogen (secondary N) is 1. The van der Waals surface area contributed by atoms with Crippen molar-refractivity contribution < 1.29 is 1.43 Å². The second-order valence-electron chi connectivity index (χ2n) is 5.94. The molecule has 1 aromatic heterocycles. The number of nitrogens with zero attached hydrogens (tertiary/aromatic N) is 3. The highest BCUT2D eigenvalue weighted by Gasteiger charge is 2.08. The topological polar surface area (TPSA) is 67.1 Å². The van der Waals surface area contributed by atoms with E-state index in [9.17, 15) is 0 Å². The van der Waals surface area contributed by atoms with Crippen LogP contribution in [0.4, 0.5) is 11.6 Å². The molecule has 0 unspecified atom stereocenters. The molecule has 0 amide bonds. The average Bonchev–Trinajstić information content (AvgIpc) is 2.50. The summed E-state index contributed by atoms with van der Waals surface area (Å²) in [7, 11) is 4.08. The SMILES string of the molecule is C/C(=C\c1c(N)ncnc1NCCN(C)C)c1ccc(C)cc1.[HH]. The Balaban J connectivity index is 0.00000288. The van der Waals surface area contributed by atoms with Gasteiger partial charge in [-0.05, 0) is 45.2 Å². The van der Waals surface area contributed by atoms with Crippen molar-refractivity contribution in [1.82, 2.24) is 14.9 Å². The lowest BCUT2D eigenvalue weighted by Gasteiger charge is -2.13. The molecule has 0 aliphatic rings. The fourth-order valence-electron chi connectivity index (χ4n) is 2.21. The second-order valence-corrected chi connectivity index (χ2v) is 5.94. The summed E-state index contributed by atoms with van der Waals surface area (Å²) in [6, 6.07) is 8.43. The first-order valence-electron chi connectivity index (χ1n) is 7.72. The molecule has 0 aliphatic carbocycles. The van der Waals surface area contributed by atoms with E-state index >= 15 is 0 Å². The summed E-state index contributed by atoms with van der Waals surface area (Å²) in [4.78, 5) is 10.6. The quantitative estimate of drug-likeness (QED) is 0.857. The van der Waals surface area contributed by atoms with Crippen LogP contribution in [0.2, 0.25) is 0 Å². The number of nitrogen functional groups attached to an aromatic ring is 1. The molecule has 2 rings (SSSR count). The predicted molar refractivity (Wildman–Crippen MR) is 100 cm³/mol. The van der Waals surface area contributed by atoms with Crippen molar-refractivity contribution in [3.63, 3.8) is 0 Å². The van der Waals surface area contributed by atoms with E-state index in [0.717, 1.165) is 35.6 Å². The first-order valence-corrected chi connectivity index (χ1v) is 7.72. The summed E-state index contributed by atoms with van der Waals surface area (Å²) >= 11 is 0. The zero-order chi connectivity index (χ0) is 16.8. The number of allylic oxidation sites excluding steroid dienone is 1. The number of benzene rings is 1. The Morgan fingerprint density at radius 3 is 2.61 bits per heavy atom. The molecule has 0 atom stereocenters. The molecule has 1 heterocycles. The van der Waals surface area contributed by atoms with E-state index in [0.29, 0.717) is 5.82 Å². The van der Waals surface area contributed by atoms with Crippen LogP contribution in [0.15, 0.2) is 30.6 Å². The van der Waals surface area contributed by atoms with Gasteiger partial charge in [0.1, 0.15) is 18.0 Å².